The van der Waals surface area contributed by atoms with Gasteiger partial charge in [-0.05, 0) is 48.5 Å². The van der Waals surface area contributed by atoms with Crippen LogP contribution in [-0.2, 0) is 0 Å². The average Bonchev–Trinajstić information content (AvgIpc) is 3.09. The number of nitrogens with zero attached hydrogens (tertiary/aromatic N) is 2. The maximum absolute atomic E-state index is 13.4. The molecule has 2 N–H and O–H groups in total. The van der Waals surface area contributed by atoms with Gasteiger partial charge in [0, 0.05) is 23.5 Å². The second-order valence-corrected chi connectivity index (χ2v) is 6.17. The van der Waals surface area contributed by atoms with Crippen molar-refractivity contribution in [2.24, 2.45) is 0 Å². The molecule has 2 aromatic heterocycles. The number of aromatic nitrogens is 2. The first-order valence-corrected chi connectivity index (χ1v) is 8.70. The highest BCUT2D eigenvalue weighted by molar-refractivity contribution is 6.01. The van der Waals surface area contributed by atoms with Gasteiger partial charge in [-0.1, -0.05) is 6.07 Å². The molecule has 0 aliphatic carbocycles. The van der Waals surface area contributed by atoms with Crippen LogP contribution in [0, 0.1) is 11.6 Å². The van der Waals surface area contributed by atoms with Crippen LogP contribution in [0.1, 0.15) is 0 Å². The number of pyridine rings is 1. The standard InChI is InChI=1S/C21H16F2N4O2/c1-29-15-8-5-13(6-9-15)19-20(27-11-3-2-4-18(27)25-19)26-21(28)24-14-7-10-16(22)17(23)12-14/h2-12H,1H3,(H2,24,26,28). The van der Waals surface area contributed by atoms with Crippen molar-refractivity contribution in [3.8, 4) is 17.0 Å². The van der Waals surface area contributed by atoms with Crippen molar-refractivity contribution in [1.29, 1.82) is 0 Å². The van der Waals surface area contributed by atoms with Crippen LogP contribution in [0.15, 0.2) is 66.9 Å². The lowest BCUT2D eigenvalue weighted by Crippen LogP contribution is -2.21. The zero-order valence-electron chi connectivity index (χ0n) is 15.3. The number of ether oxygens (including phenoxy) is 1. The molecule has 0 aliphatic rings. The fraction of sp³-hybridized carbons (Fsp3) is 0.0476. The topological polar surface area (TPSA) is 67.7 Å². The predicted molar refractivity (Wildman–Crippen MR) is 106 cm³/mol. The van der Waals surface area contributed by atoms with Crippen molar-refractivity contribution < 1.29 is 18.3 Å². The average molecular weight is 394 g/mol. The van der Waals surface area contributed by atoms with Crippen molar-refractivity contribution >= 4 is 23.2 Å². The molecule has 6 nitrogen and oxygen atoms in total. The van der Waals surface area contributed by atoms with Gasteiger partial charge in [0.2, 0.25) is 0 Å². The lowest BCUT2D eigenvalue weighted by Gasteiger charge is -2.10. The summed E-state index contributed by atoms with van der Waals surface area (Å²) in [5, 5.41) is 5.24. The van der Waals surface area contributed by atoms with Gasteiger partial charge >= 0.3 is 6.03 Å². The summed E-state index contributed by atoms with van der Waals surface area (Å²) in [6.45, 7) is 0. The van der Waals surface area contributed by atoms with Crippen LogP contribution >= 0.6 is 0 Å². The van der Waals surface area contributed by atoms with E-state index in [0.717, 1.165) is 17.7 Å². The van der Waals surface area contributed by atoms with Crippen LogP contribution < -0.4 is 15.4 Å². The molecule has 146 valence electrons. The monoisotopic (exact) mass is 394 g/mol. The molecule has 29 heavy (non-hydrogen) atoms. The second-order valence-electron chi connectivity index (χ2n) is 6.17. The van der Waals surface area contributed by atoms with Crippen molar-refractivity contribution in [3.05, 3.63) is 78.5 Å². The van der Waals surface area contributed by atoms with Gasteiger partial charge in [-0.15, -0.1) is 0 Å². The van der Waals surface area contributed by atoms with Crippen LogP contribution in [0.2, 0.25) is 0 Å². The number of benzene rings is 2. The normalized spacial score (nSPS) is 10.7. The molecule has 0 aliphatic heterocycles. The first-order valence-electron chi connectivity index (χ1n) is 8.70. The zero-order chi connectivity index (χ0) is 20.4. The minimum absolute atomic E-state index is 0.126. The van der Waals surface area contributed by atoms with Crippen molar-refractivity contribution in [1.82, 2.24) is 9.38 Å². The Labute approximate surface area is 164 Å². The van der Waals surface area contributed by atoms with E-state index < -0.39 is 17.7 Å². The molecule has 2 aromatic carbocycles. The Hall–Kier alpha value is -3.94. The number of anilines is 2. The quantitative estimate of drug-likeness (QED) is 0.516. The van der Waals surface area contributed by atoms with E-state index in [1.165, 1.54) is 6.07 Å². The molecule has 2 amide bonds. The van der Waals surface area contributed by atoms with E-state index in [-0.39, 0.29) is 5.69 Å². The zero-order valence-corrected chi connectivity index (χ0v) is 15.3. The van der Waals surface area contributed by atoms with Crippen molar-refractivity contribution in [2.45, 2.75) is 0 Å². The highest BCUT2D eigenvalue weighted by Gasteiger charge is 2.17. The van der Waals surface area contributed by atoms with Gasteiger partial charge < -0.3 is 10.1 Å². The molecule has 0 bridgehead atoms. The Kier molecular flexibility index (Phi) is 4.82. The number of amides is 2. The van der Waals surface area contributed by atoms with E-state index in [1.807, 2.05) is 30.3 Å². The number of halogens is 2. The molecule has 0 atom stereocenters. The maximum Gasteiger partial charge on any atom is 0.324 e. The van der Waals surface area contributed by atoms with E-state index >= 15 is 0 Å². The number of urea groups is 1. The highest BCUT2D eigenvalue weighted by atomic mass is 19.2. The number of methoxy groups -OCH3 is 1. The number of carbonyl (C=O) groups is 1. The van der Waals surface area contributed by atoms with Crippen LogP contribution in [0.4, 0.5) is 25.1 Å². The van der Waals surface area contributed by atoms with E-state index in [9.17, 15) is 13.6 Å². The number of fused-ring (bicyclic) bond motifs is 1. The van der Waals surface area contributed by atoms with Gasteiger partial charge in [0.25, 0.3) is 0 Å². The Bertz CT molecular complexity index is 1190. The molecule has 0 radical (unpaired) electrons. The van der Waals surface area contributed by atoms with Crippen molar-refractivity contribution in [2.75, 3.05) is 17.7 Å². The van der Waals surface area contributed by atoms with Gasteiger partial charge in [-0.2, -0.15) is 0 Å². The second kappa shape index (κ2) is 7.59. The third-order valence-electron chi connectivity index (χ3n) is 4.30. The summed E-state index contributed by atoms with van der Waals surface area (Å²) < 4.78 is 33.4. The maximum atomic E-state index is 13.4. The van der Waals surface area contributed by atoms with Crippen LogP contribution in [-0.4, -0.2) is 22.5 Å². The van der Waals surface area contributed by atoms with E-state index in [0.29, 0.717) is 22.9 Å². The predicted octanol–water partition coefficient (Wildman–Crippen LogP) is 4.93. The fourth-order valence-corrected chi connectivity index (χ4v) is 2.91. The molecule has 4 aromatic rings. The number of hydrogen-bond donors (Lipinski definition) is 2. The summed E-state index contributed by atoms with van der Waals surface area (Å²) in [5.74, 6) is -0.898. The third-order valence-corrected chi connectivity index (χ3v) is 4.30. The smallest absolute Gasteiger partial charge is 0.324 e. The summed E-state index contributed by atoms with van der Waals surface area (Å²) in [4.78, 5) is 17.1. The molecule has 0 saturated carbocycles. The Morgan fingerprint density at radius 1 is 1.00 bits per heavy atom. The Morgan fingerprint density at radius 3 is 2.52 bits per heavy atom. The van der Waals surface area contributed by atoms with Crippen LogP contribution in [0.5, 0.6) is 5.75 Å². The first-order chi connectivity index (χ1) is 14.0. The third kappa shape index (κ3) is 3.73. The van der Waals surface area contributed by atoms with Gasteiger partial charge in [0.15, 0.2) is 11.6 Å². The summed E-state index contributed by atoms with van der Waals surface area (Å²) in [6.07, 6.45) is 1.77. The van der Waals surface area contributed by atoms with Gasteiger partial charge in [0.1, 0.15) is 22.9 Å². The molecular formula is C21H16F2N4O2. The van der Waals surface area contributed by atoms with E-state index in [1.54, 1.807) is 29.8 Å². The summed E-state index contributed by atoms with van der Waals surface area (Å²) >= 11 is 0. The molecule has 8 heteroatoms. The summed E-state index contributed by atoms with van der Waals surface area (Å²) in [6, 6.07) is 15.2. The summed E-state index contributed by atoms with van der Waals surface area (Å²) in [5.41, 5.74) is 2.10. The lowest BCUT2D eigenvalue weighted by atomic mass is 10.1. The first kappa shape index (κ1) is 18.4. The number of carbonyl (C=O) groups excluding carboxylic acids is 1. The minimum Gasteiger partial charge on any atom is -0.497 e. The van der Waals surface area contributed by atoms with Crippen LogP contribution in [0.3, 0.4) is 0 Å². The Morgan fingerprint density at radius 2 is 1.79 bits per heavy atom. The van der Waals surface area contributed by atoms with Gasteiger partial charge in [-0.3, -0.25) is 9.72 Å². The molecule has 0 spiro atoms. The molecular weight excluding hydrogens is 378 g/mol. The van der Waals surface area contributed by atoms with Gasteiger partial charge in [-0.25, -0.2) is 18.6 Å². The molecule has 0 saturated heterocycles. The molecule has 4 rings (SSSR count). The highest BCUT2D eigenvalue weighted by Crippen LogP contribution is 2.30. The fourth-order valence-electron chi connectivity index (χ4n) is 2.91. The van der Waals surface area contributed by atoms with Crippen molar-refractivity contribution in [3.63, 3.8) is 0 Å². The minimum atomic E-state index is -1.04. The molecule has 0 fully saturated rings. The molecule has 2 heterocycles. The summed E-state index contributed by atoms with van der Waals surface area (Å²) in [7, 11) is 1.58. The number of imidazole rings is 1. The van der Waals surface area contributed by atoms with Crippen LogP contribution in [0.25, 0.3) is 16.9 Å². The Balaban J connectivity index is 1.67. The number of hydrogen-bond acceptors (Lipinski definition) is 3. The molecule has 0 unspecified atom stereocenters. The SMILES string of the molecule is COc1ccc(-c2nc3ccccn3c2NC(=O)Nc2ccc(F)c(F)c2)cc1. The largest absolute Gasteiger partial charge is 0.497 e. The van der Waals surface area contributed by atoms with E-state index in [4.69, 9.17) is 4.74 Å². The van der Waals surface area contributed by atoms with E-state index in [2.05, 4.69) is 15.6 Å². The van der Waals surface area contributed by atoms with Gasteiger partial charge in [0.05, 0.1) is 7.11 Å². The number of nitrogens with one attached hydrogen (secondary N) is 2. The number of rotatable bonds is 4. The lowest BCUT2D eigenvalue weighted by molar-refractivity contribution is 0.262.